The first kappa shape index (κ1) is 38.6. The number of aromatic nitrogens is 5. The fraction of sp³-hybridized carbons (Fsp3) is 0. The van der Waals surface area contributed by atoms with Crippen LogP contribution in [0.1, 0.15) is 11.1 Å². The Kier molecular flexibility index (Phi) is 9.82. The molecule has 0 unspecified atom stereocenters. The van der Waals surface area contributed by atoms with Crippen LogP contribution >= 0.6 is 0 Å². The van der Waals surface area contributed by atoms with Gasteiger partial charge in [0.1, 0.15) is 0 Å². The van der Waals surface area contributed by atoms with Crippen LogP contribution in [0, 0.1) is 22.7 Å². The minimum atomic E-state index is 0.403. The number of hydrogen-bond acceptors (Lipinski definition) is 6. The molecule has 11 rings (SSSR count). The van der Waals surface area contributed by atoms with E-state index in [2.05, 4.69) is 47.0 Å². The van der Waals surface area contributed by atoms with Crippen LogP contribution in [0.25, 0.3) is 106 Å². The van der Waals surface area contributed by atoms with Gasteiger partial charge in [-0.05, 0) is 59.7 Å². The standard InChI is InChI=1S/C58H35N7/c59-36-38-31-48(57-61-50(39-17-5-1-6-18-39)34-51(62-57)40-19-7-2-8-20-40)56(49(32-38)58-63-52(41-21-9-3-10-22-41)35-53(64-58)42-23-11-4-12-24-42)65-54-28-16-15-27-46(54)47-33-43(29-30-55(47)65)45-26-14-13-25-44(45)37-60/h1-35H. The van der Waals surface area contributed by atoms with E-state index in [0.29, 0.717) is 39.6 Å². The molecule has 65 heavy (non-hydrogen) atoms. The lowest BCUT2D eigenvalue weighted by Gasteiger charge is -2.20. The van der Waals surface area contributed by atoms with E-state index in [1.165, 1.54) is 0 Å². The lowest BCUT2D eigenvalue weighted by atomic mass is 9.98. The predicted octanol–water partition coefficient (Wildman–Crippen LogP) is 13.8. The molecule has 7 heteroatoms. The van der Waals surface area contributed by atoms with E-state index in [4.69, 9.17) is 19.9 Å². The first-order valence-corrected chi connectivity index (χ1v) is 21.3. The summed E-state index contributed by atoms with van der Waals surface area (Å²) in [5.41, 5.74) is 13.3. The second-order valence-corrected chi connectivity index (χ2v) is 15.7. The molecule has 0 aliphatic heterocycles. The van der Waals surface area contributed by atoms with Crippen molar-refractivity contribution in [1.82, 2.24) is 24.5 Å². The van der Waals surface area contributed by atoms with Gasteiger partial charge in [-0.15, -0.1) is 0 Å². The SMILES string of the molecule is N#Cc1cc(-c2nc(-c3ccccc3)cc(-c3ccccc3)n2)c(-n2c3ccccc3c3cc(-c4ccccc4C#N)ccc32)c(-c2nc(-c3ccccc3)cc(-c3ccccc3)n2)c1. The van der Waals surface area contributed by atoms with E-state index in [9.17, 15) is 10.5 Å². The van der Waals surface area contributed by atoms with Gasteiger partial charge in [0.25, 0.3) is 0 Å². The third-order valence-corrected chi connectivity index (χ3v) is 11.7. The van der Waals surface area contributed by atoms with Gasteiger partial charge in [0.05, 0.1) is 62.8 Å². The maximum absolute atomic E-state index is 10.9. The van der Waals surface area contributed by atoms with Crippen LogP contribution in [0.5, 0.6) is 0 Å². The Bertz CT molecular complexity index is 3400. The van der Waals surface area contributed by atoms with Crippen LogP contribution in [0.4, 0.5) is 0 Å². The number of rotatable bonds is 8. The number of hydrogen-bond donors (Lipinski definition) is 0. The van der Waals surface area contributed by atoms with E-state index in [-0.39, 0.29) is 0 Å². The van der Waals surface area contributed by atoms with Crippen molar-refractivity contribution in [3.05, 3.63) is 223 Å². The third kappa shape index (κ3) is 7.16. The largest absolute Gasteiger partial charge is 0.308 e. The topological polar surface area (TPSA) is 104 Å². The summed E-state index contributed by atoms with van der Waals surface area (Å²) >= 11 is 0. The van der Waals surface area contributed by atoms with E-state index >= 15 is 0 Å². The molecule has 0 radical (unpaired) electrons. The van der Waals surface area contributed by atoms with Crippen LogP contribution in [0.15, 0.2) is 212 Å². The maximum Gasteiger partial charge on any atom is 0.162 e. The summed E-state index contributed by atoms with van der Waals surface area (Å²) in [5.74, 6) is 0.873. The minimum absolute atomic E-state index is 0.403. The van der Waals surface area contributed by atoms with Gasteiger partial charge >= 0.3 is 0 Å². The van der Waals surface area contributed by atoms with E-state index in [0.717, 1.165) is 78.0 Å². The average molecular weight is 830 g/mol. The highest BCUT2D eigenvalue weighted by molar-refractivity contribution is 6.12. The van der Waals surface area contributed by atoms with E-state index < -0.39 is 0 Å². The molecule has 0 atom stereocenters. The highest BCUT2D eigenvalue weighted by Gasteiger charge is 2.26. The molecule has 3 aromatic heterocycles. The zero-order chi connectivity index (χ0) is 43.7. The van der Waals surface area contributed by atoms with Gasteiger partial charge in [0.2, 0.25) is 0 Å². The third-order valence-electron chi connectivity index (χ3n) is 11.7. The molecule has 0 fully saturated rings. The van der Waals surface area contributed by atoms with Gasteiger partial charge in [-0.3, -0.25) is 0 Å². The summed E-state index contributed by atoms with van der Waals surface area (Å²) in [5, 5.41) is 23.0. The molecule has 302 valence electrons. The number of benzene rings is 8. The monoisotopic (exact) mass is 829 g/mol. The number of fused-ring (bicyclic) bond motifs is 3. The summed E-state index contributed by atoms with van der Waals surface area (Å²) in [6.45, 7) is 0. The van der Waals surface area contributed by atoms with Gasteiger partial charge in [-0.1, -0.05) is 164 Å². The van der Waals surface area contributed by atoms with Crippen LogP contribution < -0.4 is 0 Å². The van der Waals surface area contributed by atoms with Crippen molar-refractivity contribution in [1.29, 1.82) is 10.5 Å². The summed E-state index contributed by atoms with van der Waals surface area (Å²) in [4.78, 5) is 21.4. The minimum Gasteiger partial charge on any atom is -0.308 e. The number of nitriles is 2. The fourth-order valence-corrected chi connectivity index (χ4v) is 8.66. The van der Waals surface area contributed by atoms with Crippen molar-refractivity contribution in [3.63, 3.8) is 0 Å². The molecule has 3 heterocycles. The first-order chi connectivity index (χ1) is 32.1. The zero-order valence-electron chi connectivity index (χ0n) is 34.8. The fourth-order valence-electron chi connectivity index (χ4n) is 8.66. The van der Waals surface area contributed by atoms with Gasteiger partial charge in [0.15, 0.2) is 11.6 Å². The zero-order valence-corrected chi connectivity index (χ0v) is 34.8. The molecular formula is C58H35N7. The first-order valence-electron chi connectivity index (χ1n) is 21.3. The Labute approximate surface area is 375 Å². The number of para-hydroxylation sites is 1. The molecule has 0 saturated carbocycles. The van der Waals surface area contributed by atoms with Crippen LogP contribution in [0.3, 0.4) is 0 Å². The lowest BCUT2D eigenvalue weighted by molar-refractivity contribution is 1.12. The Morgan fingerprint density at radius 3 is 1.25 bits per heavy atom. The quantitative estimate of drug-likeness (QED) is 0.151. The Morgan fingerprint density at radius 1 is 0.338 bits per heavy atom. The summed E-state index contributed by atoms with van der Waals surface area (Å²) in [6, 6.07) is 75.3. The van der Waals surface area contributed by atoms with Gasteiger partial charge in [-0.25, -0.2) is 19.9 Å². The average Bonchev–Trinajstić information content (AvgIpc) is 3.72. The Morgan fingerprint density at radius 2 is 0.769 bits per heavy atom. The Balaban J connectivity index is 1.28. The second-order valence-electron chi connectivity index (χ2n) is 15.7. The van der Waals surface area contributed by atoms with E-state index in [1.54, 1.807) is 0 Å². The molecular weight excluding hydrogens is 795 g/mol. The van der Waals surface area contributed by atoms with Gasteiger partial charge < -0.3 is 4.57 Å². The lowest BCUT2D eigenvalue weighted by Crippen LogP contribution is -2.06. The normalized spacial score (nSPS) is 11.0. The molecule has 0 N–H and O–H groups in total. The molecule has 0 saturated heterocycles. The Hall–Kier alpha value is -9.30. The van der Waals surface area contributed by atoms with Crippen molar-refractivity contribution in [3.8, 4) is 96.8 Å². The summed E-state index contributed by atoms with van der Waals surface area (Å²) < 4.78 is 2.23. The molecule has 0 spiro atoms. The molecule has 8 aromatic carbocycles. The molecule has 0 bridgehead atoms. The van der Waals surface area contributed by atoms with Gasteiger partial charge in [-0.2, -0.15) is 10.5 Å². The van der Waals surface area contributed by atoms with E-state index in [1.807, 2.05) is 182 Å². The predicted molar refractivity (Wildman–Crippen MR) is 259 cm³/mol. The van der Waals surface area contributed by atoms with Crippen LogP contribution in [0.2, 0.25) is 0 Å². The maximum atomic E-state index is 10.9. The van der Waals surface area contributed by atoms with Crippen molar-refractivity contribution >= 4 is 21.8 Å². The van der Waals surface area contributed by atoms with Crippen molar-refractivity contribution in [2.24, 2.45) is 0 Å². The second kappa shape index (κ2) is 16.5. The van der Waals surface area contributed by atoms with Crippen molar-refractivity contribution in [2.75, 3.05) is 0 Å². The van der Waals surface area contributed by atoms with Crippen LogP contribution in [-0.4, -0.2) is 24.5 Å². The molecule has 7 nitrogen and oxygen atoms in total. The van der Waals surface area contributed by atoms with Crippen LogP contribution in [-0.2, 0) is 0 Å². The highest BCUT2D eigenvalue weighted by atomic mass is 15.0. The highest BCUT2D eigenvalue weighted by Crippen LogP contribution is 2.43. The van der Waals surface area contributed by atoms with Crippen molar-refractivity contribution < 1.29 is 0 Å². The molecule has 0 aliphatic carbocycles. The molecule has 11 aromatic rings. The smallest absolute Gasteiger partial charge is 0.162 e. The summed E-state index contributed by atoms with van der Waals surface area (Å²) in [6.07, 6.45) is 0. The summed E-state index contributed by atoms with van der Waals surface area (Å²) in [7, 11) is 0. The number of nitrogens with zero attached hydrogens (tertiary/aromatic N) is 7. The van der Waals surface area contributed by atoms with Gasteiger partial charge in [0, 0.05) is 44.2 Å². The van der Waals surface area contributed by atoms with Crippen molar-refractivity contribution in [2.45, 2.75) is 0 Å². The molecule has 0 aliphatic rings. The molecule has 0 amide bonds.